The van der Waals surface area contributed by atoms with E-state index < -0.39 is 0 Å². The van der Waals surface area contributed by atoms with Crippen LogP contribution in [0, 0.1) is 10.1 Å². The van der Waals surface area contributed by atoms with E-state index >= 15 is 0 Å². The number of nitro groups is 1. The number of hydrogen-bond donors (Lipinski definition) is 2. The van der Waals surface area contributed by atoms with E-state index in [4.69, 9.17) is 4.74 Å². The zero-order valence-corrected chi connectivity index (χ0v) is 11.2. The monoisotopic (exact) mass is 265 g/mol. The molecule has 0 radical (unpaired) electrons. The first-order chi connectivity index (χ1) is 9.08. The van der Waals surface area contributed by atoms with Gasteiger partial charge < -0.3 is 15.4 Å². The Labute approximate surface area is 112 Å². The first-order valence-electron chi connectivity index (χ1n) is 6.49. The number of hydrogen-bond acceptors (Lipinski definition) is 5. The van der Waals surface area contributed by atoms with Gasteiger partial charge >= 0.3 is 5.69 Å². The number of rotatable bonds is 5. The van der Waals surface area contributed by atoms with Crippen LogP contribution in [-0.4, -0.2) is 30.2 Å². The fraction of sp³-hybridized carbons (Fsp3) is 0.538. The van der Waals surface area contributed by atoms with Gasteiger partial charge in [-0.2, -0.15) is 0 Å². The van der Waals surface area contributed by atoms with E-state index in [2.05, 4.69) is 10.6 Å². The topological polar surface area (TPSA) is 76.4 Å². The SMILES string of the molecule is CC(C)Oc1cccc(NC2CCNC2)c1[N+](=O)[O-]. The standard InChI is InChI=1S/C13H19N3O3/c1-9(2)19-12-5-3-4-11(13(12)16(17)18)15-10-6-7-14-8-10/h3-5,9-10,14-15H,6-8H2,1-2H3. The molecular formula is C13H19N3O3. The van der Waals surface area contributed by atoms with Gasteiger partial charge in [0.05, 0.1) is 11.0 Å². The molecule has 2 N–H and O–H groups in total. The fourth-order valence-electron chi connectivity index (χ4n) is 2.17. The molecular weight excluding hydrogens is 246 g/mol. The molecule has 1 aliphatic heterocycles. The molecule has 1 heterocycles. The summed E-state index contributed by atoms with van der Waals surface area (Å²) in [5, 5.41) is 17.7. The van der Waals surface area contributed by atoms with E-state index in [1.165, 1.54) is 0 Å². The Morgan fingerprint density at radius 1 is 1.53 bits per heavy atom. The molecule has 0 spiro atoms. The minimum atomic E-state index is -0.386. The summed E-state index contributed by atoms with van der Waals surface area (Å²) in [5.74, 6) is 0.316. The lowest BCUT2D eigenvalue weighted by Crippen LogP contribution is -2.22. The van der Waals surface area contributed by atoms with Crippen molar-refractivity contribution in [2.75, 3.05) is 18.4 Å². The van der Waals surface area contributed by atoms with Crippen molar-refractivity contribution in [2.45, 2.75) is 32.4 Å². The van der Waals surface area contributed by atoms with Gasteiger partial charge in [-0.25, -0.2) is 0 Å². The molecule has 1 saturated heterocycles. The highest BCUT2D eigenvalue weighted by Crippen LogP contribution is 2.35. The molecule has 1 unspecified atom stereocenters. The Bertz CT molecular complexity index is 456. The third-order valence-corrected chi connectivity index (χ3v) is 2.96. The molecule has 1 aromatic rings. The molecule has 6 heteroatoms. The highest BCUT2D eigenvalue weighted by atomic mass is 16.6. The molecule has 2 rings (SSSR count). The Balaban J connectivity index is 2.27. The summed E-state index contributed by atoms with van der Waals surface area (Å²) in [6.45, 7) is 5.47. The average Bonchev–Trinajstić information content (AvgIpc) is 2.80. The highest BCUT2D eigenvalue weighted by Gasteiger charge is 2.24. The minimum Gasteiger partial charge on any atom is -0.484 e. The summed E-state index contributed by atoms with van der Waals surface area (Å²) in [7, 11) is 0. The first-order valence-corrected chi connectivity index (χ1v) is 6.49. The molecule has 6 nitrogen and oxygen atoms in total. The molecule has 19 heavy (non-hydrogen) atoms. The molecule has 0 amide bonds. The smallest absolute Gasteiger partial charge is 0.333 e. The van der Waals surface area contributed by atoms with E-state index in [0.717, 1.165) is 19.5 Å². The predicted octanol–water partition coefficient (Wildman–Crippen LogP) is 2.16. The summed E-state index contributed by atoms with van der Waals surface area (Å²) in [6, 6.07) is 5.36. The fourth-order valence-corrected chi connectivity index (χ4v) is 2.17. The number of nitrogens with one attached hydrogen (secondary N) is 2. The van der Waals surface area contributed by atoms with Gasteiger partial charge in [-0.1, -0.05) is 6.07 Å². The lowest BCUT2D eigenvalue weighted by Gasteiger charge is -2.16. The van der Waals surface area contributed by atoms with Gasteiger partial charge in [0, 0.05) is 12.6 Å². The van der Waals surface area contributed by atoms with Crippen LogP contribution in [0.1, 0.15) is 20.3 Å². The van der Waals surface area contributed by atoms with Crippen LogP contribution in [0.4, 0.5) is 11.4 Å². The summed E-state index contributed by atoms with van der Waals surface area (Å²) in [4.78, 5) is 10.9. The number of nitrogens with zero attached hydrogens (tertiary/aromatic N) is 1. The van der Waals surface area contributed by atoms with Crippen molar-refractivity contribution >= 4 is 11.4 Å². The van der Waals surface area contributed by atoms with Crippen LogP contribution in [0.2, 0.25) is 0 Å². The summed E-state index contributed by atoms with van der Waals surface area (Å²) in [6.07, 6.45) is 0.869. The second kappa shape index (κ2) is 5.88. The average molecular weight is 265 g/mol. The van der Waals surface area contributed by atoms with E-state index in [1.807, 2.05) is 13.8 Å². The van der Waals surface area contributed by atoms with Gasteiger partial charge in [-0.15, -0.1) is 0 Å². The predicted molar refractivity (Wildman–Crippen MR) is 73.8 cm³/mol. The molecule has 1 atom stereocenters. The second-order valence-electron chi connectivity index (χ2n) is 4.91. The summed E-state index contributed by atoms with van der Waals surface area (Å²) < 4.78 is 5.51. The van der Waals surface area contributed by atoms with Crippen molar-refractivity contribution < 1.29 is 9.66 Å². The molecule has 104 valence electrons. The number of nitro benzene ring substituents is 1. The minimum absolute atomic E-state index is 0.0168. The quantitative estimate of drug-likeness (QED) is 0.630. The van der Waals surface area contributed by atoms with Crippen LogP contribution in [0.15, 0.2) is 18.2 Å². The number of para-hydroxylation sites is 1. The Hall–Kier alpha value is -1.82. The maximum atomic E-state index is 11.3. The Morgan fingerprint density at radius 3 is 2.89 bits per heavy atom. The van der Waals surface area contributed by atoms with Crippen molar-refractivity contribution in [3.05, 3.63) is 28.3 Å². The largest absolute Gasteiger partial charge is 0.484 e. The van der Waals surface area contributed by atoms with Crippen molar-refractivity contribution in [3.63, 3.8) is 0 Å². The third kappa shape index (κ3) is 3.35. The number of benzene rings is 1. The molecule has 0 saturated carbocycles. The van der Waals surface area contributed by atoms with Crippen molar-refractivity contribution in [1.82, 2.24) is 5.32 Å². The number of anilines is 1. The Morgan fingerprint density at radius 2 is 2.32 bits per heavy atom. The van der Waals surface area contributed by atoms with Crippen LogP contribution in [0.25, 0.3) is 0 Å². The van der Waals surface area contributed by atoms with Crippen LogP contribution < -0.4 is 15.4 Å². The molecule has 1 fully saturated rings. The van der Waals surface area contributed by atoms with Gasteiger partial charge in [-0.05, 0) is 38.9 Å². The zero-order valence-electron chi connectivity index (χ0n) is 11.2. The molecule has 0 aliphatic carbocycles. The third-order valence-electron chi connectivity index (χ3n) is 2.96. The van der Waals surface area contributed by atoms with E-state index in [1.54, 1.807) is 18.2 Å². The van der Waals surface area contributed by atoms with Crippen LogP contribution in [0.3, 0.4) is 0 Å². The van der Waals surface area contributed by atoms with Crippen molar-refractivity contribution in [3.8, 4) is 5.75 Å². The van der Waals surface area contributed by atoms with Gasteiger partial charge in [-0.3, -0.25) is 10.1 Å². The highest BCUT2D eigenvalue weighted by molar-refractivity contribution is 5.68. The molecule has 1 aliphatic rings. The Kier molecular flexibility index (Phi) is 4.21. The molecule has 0 bridgehead atoms. The van der Waals surface area contributed by atoms with Crippen molar-refractivity contribution in [1.29, 1.82) is 0 Å². The summed E-state index contributed by atoms with van der Waals surface area (Å²) in [5.41, 5.74) is 0.542. The lowest BCUT2D eigenvalue weighted by atomic mass is 10.2. The van der Waals surface area contributed by atoms with Gasteiger partial charge in [0.25, 0.3) is 0 Å². The van der Waals surface area contributed by atoms with Gasteiger partial charge in [0.2, 0.25) is 0 Å². The van der Waals surface area contributed by atoms with Gasteiger partial charge in [0.15, 0.2) is 5.75 Å². The van der Waals surface area contributed by atoms with Gasteiger partial charge in [0.1, 0.15) is 5.69 Å². The maximum absolute atomic E-state index is 11.3. The van der Waals surface area contributed by atoms with E-state index in [0.29, 0.717) is 11.4 Å². The first kappa shape index (κ1) is 13.6. The maximum Gasteiger partial charge on any atom is 0.333 e. The summed E-state index contributed by atoms with van der Waals surface area (Å²) >= 11 is 0. The zero-order chi connectivity index (χ0) is 13.8. The normalized spacial score (nSPS) is 18.6. The van der Waals surface area contributed by atoms with Crippen LogP contribution in [-0.2, 0) is 0 Å². The lowest BCUT2D eigenvalue weighted by molar-refractivity contribution is -0.385. The second-order valence-corrected chi connectivity index (χ2v) is 4.91. The van der Waals surface area contributed by atoms with E-state index in [-0.39, 0.29) is 22.8 Å². The van der Waals surface area contributed by atoms with Crippen molar-refractivity contribution in [2.24, 2.45) is 0 Å². The number of ether oxygens (including phenoxy) is 1. The van der Waals surface area contributed by atoms with Crippen LogP contribution >= 0.6 is 0 Å². The van der Waals surface area contributed by atoms with Crippen LogP contribution in [0.5, 0.6) is 5.75 Å². The van der Waals surface area contributed by atoms with E-state index in [9.17, 15) is 10.1 Å². The molecule has 1 aromatic carbocycles. The molecule has 0 aromatic heterocycles.